The van der Waals surface area contributed by atoms with Crippen molar-refractivity contribution in [2.24, 2.45) is 0 Å². The maximum absolute atomic E-state index is 11.7. The minimum atomic E-state index is -0.299. The van der Waals surface area contributed by atoms with Crippen molar-refractivity contribution < 1.29 is 14.1 Å². The lowest BCUT2D eigenvalue weighted by atomic mass is 10.1. The zero-order valence-corrected chi connectivity index (χ0v) is 12.2. The lowest BCUT2D eigenvalue weighted by molar-refractivity contribution is -0.118. The highest BCUT2D eigenvalue weighted by Gasteiger charge is 2.10. The summed E-state index contributed by atoms with van der Waals surface area (Å²) in [5, 5.41) is 6.91. The van der Waals surface area contributed by atoms with Gasteiger partial charge in [0.1, 0.15) is 11.5 Å². The number of nitrogens with one attached hydrogen (secondary N) is 1. The van der Waals surface area contributed by atoms with E-state index in [4.69, 9.17) is 20.9 Å². The van der Waals surface area contributed by atoms with E-state index in [-0.39, 0.29) is 12.5 Å². The molecule has 0 aliphatic rings. The molecule has 2 aromatic rings. The smallest absolute Gasteiger partial charge is 0.263 e. The Morgan fingerprint density at radius 1 is 1.30 bits per heavy atom. The molecule has 0 aliphatic heterocycles. The number of ether oxygens (including phenoxy) is 1. The molecule has 0 saturated carbocycles. The van der Waals surface area contributed by atoms with Gasteiger partial charge in [-0.15, -0.1) is 0 Å². The normalized spacial score (nSPS) is 10.4. The standard InChI is InChI=1S/C14H15ClN2O3/c1-8-4-11(15)5-9(2)14(8)19-7-13(18)16-12-6-10(3)20-17-12/h4-6H,7H2,1-3H3,(H,16,17,18). The molecule has 1 aromatic carbocycles. The average molecular weight is 295 g/mol. The molecule has 0 fully saturated rings. The van der Waals surface area contributed by atoms with Gasteiger partial charge < -0.3 is 14.6 Å². The third kappa shape index (κ3) is 3.51. The summed E-state index contributed by atoms with van der Waals surface area (Å²) in [5.41, 5.74) is 1.78. The van der Waals surface area contributed by atoms with Crippen LogP contribution in [0.15, 0.2) is 22.7 Å². The Balaban J connectivity index is 1.97. The molecule has 0 radical (unpaired) electrons. The number of rotatable bonds is 4. The number of amides is 1. The monoisotopic (exact) mass is 294 g/mol. The first-order valence-corrected chi connectivity index (χ1v) is 6.46. The topological polar surface area (TPSA) is 64.4 Å². The van der Waals surface area contributed by atoms with Gasteiger partial charge in [0.05, 0.1) is 0 Å². The molecular weight excluding hydrogens is 280 g/mol. The third-order valence-electron chi connectivity index (χ3n) is 2.67. The molecule has 0 bridgehead atoms. The van der Waals surface area contributed by atoms with Crippen LogP contribution in [0.1, 0.15) is 16.9 Å². The Morgan fingerprint density at radius 2 is 1.95 bits per heavy atom. The predicted octanol–water partition coefficient (Wildman–Crippen LogP) is 3.27. The van der Waals surface area contributed by atoms with Gasteiger partial charge in [0, 0.05) is 11.1 Å². The Kier molecular flexibility index (Phi) is 4.29. The van der Waals surface area contributed by atoms with Crippen molar-refractivity contribution in [1.82, 2.24) is 5.16 Å². The van der Waals surface area contributed by atoms with Crippen molar-refractivity contribution in [3.05, 3.63) is 40.1 Å². The second-order valence-corrected chi connectivity index (χ2v) is 4.96. The highest BCUT2D eigenvalue weighted by Crippen LogP contribution is 2.26. The van der Waals surface area contributed by atoms with Gasteiger partial charge in [-0.25, -0.2) is 0 Å². The van der Waals surface area contributed by atoms with Gasteiger partial charge in [0.2, 0.25) is 0 Å². The number of aryl methyl sites for hydroxylation is 3. The first-order chi connectivity index (χ1) is 9.45. The van der Waals surface area contributed by atoms with E-state index in [1.54, 1.807) is 25.1 Å². The van der Waals surface area contributed by atoms with Gasteiger partial charge in [-0.2, -0.15) is 0 Å². The summed E-state index contributed by atoms with van der Waals surface area (Å²) < 4.78 is 10.4. The van der Waals surface area contributed by atoms with E-state index in [1.165, 1.54) is 0 Å². The van der Waals surface area contributed by atoms with Crippen LogP contribution in [-0.2, 0) is 4.79 Å². The van der Waals surface area contributed by atoms with Gasteiger partial charge in [-0.05, 0) is 44.0 Å². The Morgan fingerprint density at radius 3 is 2.50 bits per heavy atom. The molecule has 2 rings (SSSR count). The number of benzene rings is 1. The summed E-state index contributed by atoms with van der Waals surface area (Å²) in [6.07, 6.45) is 0. The minimum Gasteiger partial charge on any atom is -0.483 e. The van der Waals surface area contributed by atoms with Crippen molar-refractivity contribution in [2.75, 3.05) is 11.9 Å². The molecule has 0 spiro atoms. The van der Waals surface area contributed by atoms with Crippen molar-refractivity contribution in [2.45, 2.75) is 20.8 Å². The van der Waals surface area contributed by atoms with Crippen molar-refractivity contribution in [3.63, 3.8) is 0 Å². The molecule has 0 unspecified atom stereocenters. The molecule has 106 valence electrons. The van der Waals surface area contributed by atoms with E-state index < -0.39 is 0 Å². The Labute approximate surface area is 121 Å². The summed E-state index contributed by atoms with van der Waals surface area (Å²) in [5.74, 6) is 1.37. The van der Waals surface area contributed by atoms with Crippen LogP contribution in [0.3, 0.4) is 0 Å². The molecule has 1 N–H and O–H groups in total. The predicted molar refractivity (Wildman–Crippen MR) is 76.3 cm³/mol. The summed E-state index contributed by atoms with van der Waals surface area (Å²) in [6, 6.07) is 5.22. The lowest BCUT2D eigenvalue weighted by Crippen LogP contribution is -2.20. The molecule has 5 nitrogen and oxygen atoms in total. The van der Waals surface area contributed by atoms with Gasteiger partial charge in [0.25, 0.3) is 5.91 Å². The number of aromatic nitrogens is 1. The van der Waals surface area contributed by atoms with E-state index in [2.05, 4.69) is 10.5 Å². The van der Waals surface area contributed by atoms with Crippen LogP contribution < -0.4 is 10.1 Å². The van der Waals surface area contributed by atoms with E-state index in [1.807, 2.05) is 13.8 Å². The molecule has 0 atom stereocenters. The number of anilines is 1. The van der Waals surface area contributed by atoms with E-state index in [0.29, 0.717) is 22.4 Å². The third-order valence-corrected chi connectivity index (χ3v) is 2.89. The van der Waals surface area contributed by atoms with Crippen LogP contribution >= 0.6 is 11.6 Å². The summed E-state index contributed by atoms with van der Waals surface area (Å²) >= 11 is 5.94. The summed E-state index contributed by atoms with van der Waals surface area (Å²) in [6.45, 7) is 5.41. The number of hydrogen-bond acceptors (Lipinski definition) is 4. The van der Waals surface area contributed by atoms with Gasteiger partial charge in [-0.3, -0.25) is 4.79 Å². The quantitative estimate of drug-likeness (QED) is 0.940. The van der Waals surface area contributed by atoms with Crippen LogP contribution in [-0.4, -0.2) is 17.7 Å². The molecule has 20 heavy (non-hydrogen) atoms. The summed E-state index contributed by atoms with van der Waals surface area (Å²) in [7, 11) is 0. The SMILES string of the molecule is Cc1cc(NC(=O)COc2c(C)cc(Cl)cc2C)no1. The maximum atomic E-state index is 11.7. The second kappa shape index (κ2) is 5.96. The largest absolute Gasteiger partial charge is 0.483 e. The van der Waals surface area contributed by atoms with Crippen molar-refractivity contribution >= 4 is 23.3 Å². The number of nitrogens with zero attached hydrogens (tertiary/aromatic N) is 1. The minimum absolute atomic E-state index is 0.102. The fraction of sp³-hybridized carbons (Fsp3) is 0.286. The molecule has 1 amide bonds. The number of halogens is 1. The molecule has 6 heteroatoms. The van der Waals surface area contributed by atoms with Crippen LogP contribution in [0.5, 0.6) is 5.75 Å². The molecule has 1 aromatic heterocycles. The zero-order valence-electron chi connectivity index (χ0n) is 11.5. The Hall–Kier alpha value is -2.01. The fourth-order valence-corrected chi connectivity index (χ4v) is 2.19. The molecular formula is C14H15ClN2O3. The first-order valence-electron chi connectivity index (χ1n) is 6.08. The second-order valence-electron chi connectivity index (χ2n) is 4.53. The van der Waals surface area contributed by atoms with Crippen LogP contribution in [0.4, 0.5) is 5.82 Å². The molecule has 0 saturated heterocycles. The van der Waals surface area contributed by atoms with E-state index in [0.717, 1.165) is 11.1 Å². The van der Waals surface area contributed by atoms with Crippen LogP contribution in [0, 0.1) is 20.8 Å². The highest BCUT2D eigenvalue weighted by atomic mass is 35.5. The number of carbonyl (C=O) groups excluding carboxylic acids is 1. The van der Waals surface area contributed by atoms with Gasteiger partial charge >= 0.3 is 0 Å². The fourth-order valence-electron chi connectivity index (χ4n) is 1.87. The maximum Gasteiger partial charge on any atom is 0.263 e. The highest BCUT2D eigenvalue weighted by molar-refractivity contribution is 6.30. The van der Waals surface area contributed by atoms with Crippen LogP contribution in [0.2, 0.25) is 5.02 Å². The van der Waals surface area contributed by atoms with Crippen molar-refractivity contribution in [1.29, 1.82) is 0 Å². The number of carbonyl (C=O) groups is 1. The first kappa shape index (κ1) is 14.4. The Bertz CT molecular complexity index is 614. The van der Waals surface area contributed by atoms with Crippen LogP contribution in [0.25, 0.3) is 0 Å². The van der Waals surface area contributed by atoms with Gasteiger partial charge in [-0.1, -0.05) is 16.8 Å². The summed E-state index contributed by atoms with van der Waals surface area (Å²) in [4.78, 5) is 11.7. The van der Waals surface area contributed by atoms with E-state index >= 15 is 0 Å². The lowest BCUT2D eigenvalue weighted by Gasteiger charge is -2.12. The number of hydrogen-bond donors (Lipinski definition) is 1. The van der Waals surface area contributed by atoms with Gasteiger partial charge in [0.15, 0.2) is 12.4 Å². The zero-order chi connectivity index (χ0) is 14.7. The van der Waals surface area contributed by atoms with Crippen molar-refractivity contribution in [3.8, 4) is 5.75 Å². The average Bonchev–Trinajstić information content (AvgIpc) is 2.73. The molecule has 0 aliphatic carbocycles. The van der Waals surface area contributed by atoms with E-state index in [9.17, 15) is 4.79 Å². The molecule has 1 heterocycles.